The molecule has 1 unspecified atom stereocenters. The van der Waals surface area contributed by atoms with E-state index in [2.05, 4.69) is 15.6 Å². The summed E-state index contributed by atoms with van der Waals surface area (Å²) in [6.45, 7) is 10.1. The number of nitrogens with one attached hydrogen (secondary N) is 2. The lowest BCUT2D eigenvalue weighted by Crippen LogP contribution is -2.45. The van der Waals surface area contributed by atoms with Gasteiger partial charge in [-0.25, -0.2) is 0 Å². The molecule has 0 aromatic carbocycles. The molecule has 2 rings (SSSR count). The highest BCUT2D eigenvalue weighted by molar-refractivity contribution is 5.81. The van der Waals surface area contributed by atoms with Crippen molar-refractivity contribution in [1.29, 1.82) is 0 Å². The van der Waals surface area contributed by atoms with Crippen LogP contribution in [0.1, 0.15) is 39.4 Å². The quantitative estimate of drug-likeness (QED) is 0.398. The molecule has 1 amide bonds. The van der Waals surface area contributed by atoms with Crippen molar-refractivity contribution < 1.29 is 13.9 Å². The lowest BCUT2D eigenvalue weighted by Gasteiger charge is -2.20. The lowest BCUT2D eigenvalue weighted by atomic mass is 10.2. The van der Waals surface area contributed by atoms with Crippen LogP contribution >= 0.6 is 0 Å². The van der Waals surface area contributed by atoms with E-state index in [0.717, 1.165) is 44.2 Å². The van der Waals surface area contributed by atoms with E-state index in [1.807, 2.05) is 37.8 Å². The highest BCUT2D eigenvalue weighted by Gasteiger charge is 2.27. The summed E-state index contributed by atoms with van der Waals surface area (Å²) < 4.78 is 10.8. The van der Waals surface area contributed by atoms with Crippen LogP contribution in [-0.2, 0) is 16.1 Å². The molecule has 1 atom stereocenters. The van der Waals surface area contributed by atoms with Crippen LogP contribution in [0.5, 0.6) is 0 Å². The maximum absolute atomic E-state index is 12.1. The Labute approximate surface area is 156 Å². The summed E-state index contributed by atoms with van der Waals surface area (Å²) in [6.07, 6.45) is 3.45. The topological polar surface area (TPSA) is 79.1 Å². The third-order valence-electron chi connectivity index (χ3n) is 4.22. The Balaban J connectivity index is 1.68. The summed E-state index contributed by atoms with van der Waals surface area (Å²) in [5, 5.41) is 6.71. The summed E-state index contributed by atoms with van der Waals surface area (Å²) in [7, 11) is 0. The van der Waals surface area contributed by atoms with E-state index in [-0.39, 0.29) is 17.9 Å². The number of ether oxygens (including phenoxy) is 1. The number of guanidine groups is 1. The smallest absolute Gasteiger partial charge is 0.225 e. The van der Waals surface area contributed by atoms with E-state index in [4.69, 9.17) is 9.15 Å². The Bertz CT molecular complexity index is 557. The Kier molecular flexibility index (Phi) is 8.47. The SMILES string of the molecule is CCNC(=NCCCOCc1ccco1)NC1CCN(C(=O)C(C)C)C1. The first-order chi connectivity index (χ1) is 12.6. The third kappa shape index (κ3) is 6.71. The molecule has 0 spiro atoms. The van der Waals surface area contributed by atoms with Crippen molar-refractivity contribution in [3.8, 4) is 0 Å². The van der Waals surface area contributed by atoms with Gasteiger partial charge < -0.3 is 24.7 Å². The fourth-order valence-corrected chi connectivity index (χ4v) is 2.88. The molecule has 1 aliphatic heterocycles. The number of carbonyl (C=O) groups is 1. The molecule has 7 heteroatoms. The van der Waals surface area contributed by atoms with E-state index in [1.165, 1.54) is 0 Å². The molecule has 0 aliphatic carbocycles. The van der Waals surface area contributed by atoms with Gasteiger partial charge in [-0.2, -0.15) is 0 Å². The van der Waals surface area contributed by atoms with Crippen molar-refractivity contribution in [3.63, 3.8) is 0 Å². The minimum absolute atomic E-state index is 0.0526. The normalized spacial score (nSPS) is 17.8. The Morgan fingerprint density at radius 2 is 2.35 bits per heavy atom. The van der Waals surface area contributed by atoms with E-state index >= 15 is 0 Å². The van der Waals surface area contributed by atoms with E-state index in [1.54, 1.807) is 6.26 Å². The summed E-state index contributed by atoms with van der Waals surface area (Å²) >= 11 is 0. The van der Waals surface area contributed by atoms with Crippen LogP contribution in [0.15, 0.2) is 27.8 Å². The molecule has 1 saturated heterocycles. The van der Waals surface area contributed by atoms with Gasteiger partial charge in [0.15, 0.2) is 5.96 Å². The van der Waals surface area contributed by atoms with Gasteiger partial charge in [0.25, 0.3) is 0 Å². The zero-order chi connectivity index (χ0) is 18.8. The Hall–Kier alpha value is -2.02. The van der Waals surface area contributed by atoms with E-state index < -0.39 is 0 Å². The fourth-order valence-electron chi connectivity index (χ4n) is 2.88. The van der Waals surface area contributed by atoms with Crippen LogP contribution in [0.3, 0.4) is 0 Å². The second-order valence-corrected chi connectivity index (χ2v) is 6.82. The van der Waals surface area contributed by atoms with Gasteiger partial charge in [0.2, 0.25) is 5.91 Å². The molecule has 26 heavy (non-hydrogen) atoms. The van der Waals surface area contributed by atoms with Gasteiger partial charge in [0, 0.05) is 44.7 Å². The van der Waals surface area contributed by atoms with Gasteiger partial charge in [0.05, 0.1) is 6.26 Å². The molecule has 7 nitrogen and oxygen atoms in total. The summed E-state index contributed by atoms with van der Waals surface area (Å²) in [5.41, 5.74) is 0. The van der Waals surface area contributed by atoms with Gasteiger partial charge in [-0.1, -0.05) is 13.8 Å². The highest BCUT2D eigenvalue weighted by atomic mass is 16.5. The van der Waals surface area contributed by atoms with Crippen LogP contribution in [0.2, 0.25) is 0 Å². The number of carbonyl (C=O) groups excluding carboxylic acids is 1. The molecule has 146 valence electrons. The molecule has 1 aliphatic rings. The van der Waals surface area contributed by atoms with E-state index in [9.17, 15) is 4.79 Å². The van der Waals surface area contributed by atoms with Crippen molar-refractivity contribution in [2.24, 2.45) is 10.9 Å². The minimum atomic E-state index is 0.0526. The van der Waals surface area contributed by atoms with Crippen molar-refractivity contribution in [2.75, 3.05) is 32.8 Å². The monoisotopic (exact) mass is 364 g/mol. The number of aliphatic imine (C=N–C) groups is 1. The van der Waals surface area contributed by atoms with Crippen LogP contribution < -0.4 is 10.6 Å². The first kappa shape index (κ1) is 20.3. The minimum Gasteiger partial charge on any atom is -0.467 e. The molecule has 2 heterocycles. The third-order valence-corrected chi connectivity index (χ3v) is 4.22. The average molecular weight is 364 g/mol. The molecule has 1 aromatic rings. The van der Waals surface area contributed by atoms with Crippen LogP contribution in [0.4, 0.5) is 0 Å². The van der Waals surface area contributed by atoms with Gasteiger partial charge in [-0.3, -0.25) is 9.79 Å². The standard InChI is InChI=1S/C19H32N4O3/c1-4-20-19(21-9-6-11-25-14-17-7-5-12-26-17)22-16-8-10-23(13-16)18(24)15(2)3/h5,7,12,15-16H,4,6,8-11,13-14H2,1-3H3,(H2,20,21,22). The van der Waals surface area contributed by atoms with Crippen LogP contribution in [0, 0.1) is 5.92 Å². The molecule has 1 fully saturated rings. The number of furan rings is 1. The second kappa shape index (κ2) is 10.9. The van der Waals surface area contributed by atoms with Crippen molar-refractivity contribution in [3.05, 3.63) is 24.2 Å². The lowest BCUT2D eigenvalue weighted by molar-refractivity contribution is -0.133. The number of hydrogen-bond acceptors (Lipinski definition) is 4. The molecule has 0 bridgehead atoms. The van der Waals surface area contributed by atoms with Gasteiger partial charge in [-0.15, -0.1) is 0 Å². The molecular formula is C19H32N4O3. The second-order valence-electron chi connectivity index (χ2n) is 6.82. The van der Waals surface area contributed by atoms with Gasteiger partial charge in [-0.05, 0) is 31.9 Å². The average Bonchev–Trinajstić information content (AvgIpc) is 3.29. The predicted octanol–water partition coefficient (Wildman–Crippen LogP) is 2.00. The van der Waals surface area contributed by atoms with Crippen molar-refractivity contribution in [1.82, 2.24) is 15.5 Å². The number of hydrogen-bond donors (Lipinski definition) is 2. The molecule has 0 radical (unpaired) electrons. The molecular weight excluding hydrogens is 332 g/mol. The van der Waals surface area contributed by atoms with Crippen LogP contribution in [-0.4, -0.2) is 55.6 Å². The predicted molar refractivity (Wildman–Crippen MR) is 102 cm³/mol. The Morgan fingerprint density at radius 1 is 1.50 bits per heavy atom. The van der Waals surface area contributed by atoms with Crippen molar-refractivity contribution >= 4 is 11.9 Å². The van der Waals surface area contributed by atoms with Gasteiger partial charge >= 0.3 is 0 Å². The maximum Gasteiger partial charge on any atom is 0.225 e. The number of rotatable bonds is 9. The van der Waals surface area contributed by atoms with Crippen LogP contribution in [0.25, 0.3) is 0 Å². The summed E-state index contributed by atoms with van der Waals surface area (Å²) in [5.74, 6) is 1.93. The fraction of sp³-hybridized carbons (Fsp3) is 0.684. The number of nitrogens with zero attached hydrogens (tertiary/aromatic N) is 2. The summed E-state index contributed by atoms with van der Waals surface area (Å²) in [6, 6.07) is 4.02. The highest BCUT2D eigenvalue weighted by Crippen LogP contribution is 2.12. The molecule has 2 N–H and O–H groups in total. The first-order valence-electron chi connectivity index (χ1n) is 9.54. The Morgan fingerprint density at radius 3 is 3.04 bits per heavy atom. The zero-order valence-electron chi connectivity index (χ0n) is 16.2. The maximum atomic E-state index is 12.1. The number of amides is 1. The van der Waals surface area contributed by atoms with E-state index in [0.29, 0.717) is 19.8 Å². The first-order valence-corrected chi connectivity index (χ1v) is 9.54. The van der Waals surface area contributed by atoms with Gasteiger partial charge in [0.1, 0.15) is 12.4 Å². The largest absolute Gasteiger partial charge is 0.467 e. The molecule has 0 saturated carbocycles. The summed E-state index contributed by atoms with van der Waals surface area (Å²) in [4.78, 5) is 18.6. The number of likely N-dealkylation sites (tertiary alicyclic amines) is 1. The zero-order valence-corrected chi connectivity index (χ0v) is 16.2. The molecule has 1 aromatic heterocycles. The van der Waals surface area contributed by atoms with Crippen molar-refractivity contribution in [2.45, 2.75) is 46.3 Å².